The van der Waals surface area contributed by atoms with Crippen molar-refractivity contribution in [3.8, 4) is 17.2 Å². The number of hydrogen-bond donors (Lipinski definition) is 5. The summed E-state index contributed by atoms with van der Waals surface area (Å²) in [6.07, 6.45) is 1.05. The van der Waals surface area contributed by atoms with Crippen LogP contribution in [0.1, 0.15) is 24.4 Å². The second-order valence-electron chi connectivity index (χ2n) is 4.25. The quantitative estimate of drug-likeness (QED) is 0.558. The van der Waals surface area contributed by atoms with Gasteiger partial charge in [0.25, 0.3) is 0 Å². The molecule has 5 nitrogen and oxygen atoms in total. The number of rotatable bonds is 3. The van der Waals surface area contributed by atoms with Crippen LogP contribution in [0.5, 0.6) is 17.2 Å². The molecule has 6 N–H and O–H groups in total. The van der Waals surface area contributed by atoms with E-state index in [1.807, 2.05) is 0 Å². The van der Waals surface area contributed by atoms with Crippen LogP contribution in [0, 0.1) is 5.92 Å². The number of aliphatic hydroxyl groups is 1. The van der Waals surface area contributed by atoms with E-state index in [4.69, 9.17) is 10.8 Å². The molecule has 2 atom stereocenters. The maximum atomic E-state index is 9.82. The summed E-state index contributed by atoms with van der Waals surface area (Å²) in [6.45, 7) is 0. The van der Waals surface area contributed by atoms with Crippen LogP contribution < -0.4 is 5.73 Å². The van der Waals surface area contributed by atoms with Gasteiger partial charge in [0, 0.05) is 12.1 Å². The van der Waals surface area contributed by atoms with Crippen molar-refractivity contribution >= 4 is 12.4 Å². The summed E-state index contributed by atoms with van der Waals surface area (Å²) in [6, 6.07) is 1.34. The predicted octanol–water partition coefficient (Wildman–Crippen LogP) is 0.996. The number of benzene rings is 1. The summed E-state index contributed by atoms with van der Waals surface area (Å²) >= 11 is 0. The van der Waals surface area contributed by atoms with Crippen molar-refractivity contribution in [2.75, 3.05) is 0 Å². The Morgan fingerprint density at radius 3 is 2.00 bits per heavy atom. The topological polar surface area (TPSA) is 107 Å². The Morgan fingerprint density at radius 1 is 1.12 bits per heavy atom. The third-order valence-electron chi connectivity index (χ3n) is 2.93. The molecule has 0 saturated heterocycles. The molecule has 17 heavy (non-hydrogen) atoms. The lowest BCUT2D eigenvalue weighted by Crippen LogP contribution is -2.28. The van der Waals surface area contributed by atoms with Crippen LogP contribution in [0.25, 0.3) is 0 Å². The lowest BCUT2D eigenvalue weighted by molar-refractivity contribution is 0.120. The lowest BCUT2D eigenvalue weighted by Gasteiger charge is -2.20. The van der Waals surface area contributed by atoms with Crippen molar-refractivity contribution < 1.29 is 20.4 Å². The Kier molecular flexibility index (Phi) is 4.08. The van der Waals surface area contributed by atoms with E-state index in [1.165, 1.54) is 0 Å². The van der Waals surface area contributed by atoms with Crippen molar-refractivity contribution in [1.29, 1.82) is 0 Å². The van der Waals surface area contributed by atoms with Gasteiger partial charge in [-0.3, -0.25) is 0 Å². The monoisotopic (exact) mass is 261 g/mol. The molecule has 1 aromatic carbocycles. The van der Waals surface area contributed by atoms with Gasteiger partial charge < -0.3 is 26.2 Å². The Bertz CT molecular complexity index is 385. The van der Waals surface area contributed by atoms with E-state index in [0.29, 0.717) is 0 Å². The van der Waals surface area contributed by atoms with Gasteiger partial charge >= 0.3 is 0 Å². The Labute approximate surface area is 105 Å². The average molecular weight is 262 g/mol. The van der Waals surface area contributed by atoms with Crippen molar-refractivity contribution in [3.05, 3.63) is 17.7 Å². The maximum Gasteiger partial charge on any atom is 0.127 e. The normalized spacial score (nSPS) is 18.2. The highest BCUT2D eigenvalue weighted by Crippen LogP contribution is 2.42. The van der Waals surface area contributed by atoms with Crippen LogP contribution in [0.3, 0.4) is 0 Å². The van der Waals surface area contributed by atoms with Crippen molar-refractivity contribution in [2.45, 2.75) is 25.0 Å². The summed E-state index contributed by atoms with van der Waals surface area (Å²) in [5, 5.41) is 38.1. The van der Waals surface area contributed by atoms with Gasteiger partial charge in [0.1, 0.15) is 17.2 Å². The minimum atomic E-state index is -0.840. The van der Waals surface area contributed by atoms with Crippen LogP contribution in [-0.4, -0.2) is 26.5 Å². The number of phenols is 3. The van der Waals surface area contributed by atoms with E-state index in [9.17, 15) is 15.3 Å². The molecule has 0 aromatic heterocycles. The van der Waals surface area contributed by atoms with Gasteiger partial charge in [0.15, 0.2) is 0 Å². The fraction of sp³-hybridized carbons (Fsp3) is 0.455. The molecule has 0 spiro atoms. The molecular weight excluding hydrogens is 246 g/mol. The van der Waals surface area contributed by atoms with Crippen LogP contribution in [-0.2, 0) is 0 Å². The molecule has 0 bridgehead atoms. The van der Waals surface area contributed by atoms with Gasteiger partial charge in [0.05, 0.1) is 17.7 Å². The van der Waals surface area contributed by atoms with Crippen LogP contribution in [0.4, 0.5) is 0 Å². The van der Waals surface area contributed by atoms with Gasteiger partial charge in [-0.1, -0.05) is 0 Å². The second-order valence-corrected chi connectivity index (χ2v) is 4.25. The first kappa shape index (κ1) is 13.9. The molecule has 0 unspecified atom stereocenters. The summed E-state index contributed by atoms with van der Waals surface area (Å²) in [7, 11) is 0. The fourth-order valence-electron chi connectivity index (χ4n) is 1.85. The molecule has 6 heteroatoms. The number of nitrogens with two attached hydrogens (primary N) is 1. The average Bonchev–Trinajstić information content (AvgIpc) is 2.97. The number of aromatic hydroxyl groups is 3. The summed E-state index contributed by atoms with van der Waals surface area (Å²) in [5.41, 5.74) is 5.86. The number of halogens is 1. The van der Waals surface area contributed by atoms with E-state index in [1.54, 1.807) is 0 Å². The highest BCUT2D eigenvalue weighted by Gasteiger charge is 2.36. The molecule has 1 fully saturated rings. The van der Waals surface area contributed by atoms with Gasteiger partial charge in [-0.05, 0) is 18.8 Å². The molecule has 1 aliphatic rings. The first-order valence-electron chi connectivity index (χ1n) is 5.19. The van der Waals surface area contributed by atoms with E-state index in [0.717, 1.165) is 25.0 Å². The molecule has 1 saturated carbocycles. The highest BCUT2D eigenvalue weighted by atomic mass is 35.5. The number of phenolic OH excluding ortho intramolecular Hbond substituents is 3. The third-order valence-corrected chi connectivity index (χ3v) is 2.93. The van der Waals surface area contributed by atoms with Crippen molar-refractivity contribution in [1.82, 2.24) is 0 Å². The molecule has 1 aliphatic carbocycles. The van der Waals surface area contributed by atoms with Crippen LogP contribution >= 0.6 is 12.4 Å². The molecule has 96 valence electrons. The molecule has 0 aliphatic heterocycles. The lowest BCUT2D eigenvalue weighted by atomic mass is 9.97. The molecule has 0 radical (unpaired) electrons. The van der Waals surface area contributed by atoms with E-state index in [-0.39, 0.29) is 41.1 Å². The van der Waals surface area contributed by atoms with Crippen molar-refractivity contribution in [2.24, 2.45) is 11.7 Å². The van der Waals surface area contributed by atoms with E-state index in [2.05, 4.69) is 0 Å². The van der Waals surface area contributed by atoms with Gasteiger partial charge in [0.2, 0.25) is 0 Å². The molecule has 0 heterocycles. The molecule has 1 aromatic rings. The summed E-state index contributed by atoms with van der Waals surface area (Å²) in [4.78, 5) is 0. The highest BCUT2D eigenvalue weighted by molar-refractivity contribution is 5.85. The molecular formula is C11H16ClNO4. The standard InChI is InChI=1S/C11H15NO4.ClH/c12-10(11(16)5-1-2-5)9-7(14)3-6(13)4-8(9)15;/h3-5,10-11,13-16H,1-2,12H2;1H/t10-,11+;/m0./s1. The number of hydrogen-bond acceptors (Lipinski definition) is 5. The third kappa shape index (κ3) is 2.74. The maximum absolute atomic E-state index is 9.82. The smallest absolute Gasteiger partial charge is 0.127 e. The summed E-state index contributed by atoms with van der Waals surface area (Å²) in [5.74, 6) is -0.705. The largest absolute Gasteiger partial charge is 0.508 e. The van der Waals surface area contributed by atoms with Crippen molar-refractivity contribution in [3.63, 3.8) is 0 Å². The molecule has 0 amide bonds. The zero-order valence-corrected chi connectivity index (χ0v) is 9.89. The molecule has 2 rings (SSSR count). The zero-order valence-electron chi connectivity index (χ0n) is 9.08. The Morgan fingerprint density at radius 2 is 1.59 bits per heavy atom. The Balaban J connectivity index is 0.00000144. The first-order chi connectivity index (χ1) is 7.50. The van der Waals surface area contributed by atoms with Gasteiger partial charge in [-0.25, -0.2) is 0 Å². The zero-order chi connectivity index (χ0) is 11.9. The SMILES string of the molecule is Cl.N[C@@H](c1c(O)cc(O)cc1O)[C@H](O)C1CC1. The fourth-order valence-corrected chi connectivity index (χ4v) is 1.85. The predicted molar refractivity (Wildman–Crippen MR) is 64.3 cm³/mol. The van der Waals surface area contributed by atoms with Crippen LogP contribution in [0.15, 0.2) is 12.1 Å². The Hall–Kier alpha value is -1.17. The number of aliphatic hydroxyl groups excluding tert-OH is 1. The second kappa shape index (κ2) is 5.00. The first-order valence-corrected chi connectivity index (χ1v) is 5.19. The van der Waals surface area contributed by atoms with Crippen LogP contribution in [0.2, 0.25) is 0 Å². The van der Waals surface area contributed by atoms with E-state index < -0.39 is 12.1 Å². The van der Waals surface area contributed by atoms with E-state index >= 15 is 0 Å². The minimum Gasteiger partial charge on any atom is -0.508 e. The van der Waals surface area contributed by atoms with Gasteiger partial charge in [-0.15, -0.1) is 12.4 Å². The van der Waals surface area contributed by atoms with Gasteiger partial charge in [-0.2, -0.15) is 0 Å². The minimum absolute atomic E-state index is 0. The summed E-state index contributed by atoms with van der Waals surface area (Å²) < 4.78 is 0.